The van der Waals surface area contributed by atoms with Crippen LogP contribution in [0.5, 0.6) is 11.5 Å². The molecule has 4 rings (SSSR count). The Balaban J connectivity index is 1.45. The summed E-state index contributed by atoms with van der Waals surface area (Å²) in [6.07, 6.45) is 1.54. The van der Waals surface area contributed by atoms with Crippen LogP contribution in [0.2, 0.25) is 0 Å². The van der Waals surface area contributed by atoms with E-state index in [1.807, 2.05) is 6.07 Å². The molecule has 0 atom stereocenters. The first-order chi connectivity index (χ1) is 17.8. The number of methoxy groups -OCH3 is 1. The smallest absolute Gasteiger partial charge is 0.294 e. The van der Waals surface area contributed by atoms with Crippen LogP contribution in [0.15, 0.2) is 77.7 Å². The van der Waals surface area contributed by atoms with Crippen LogP contribution >= 0.6 is 11.8 Å². The van der Waals surface area contributed by atoms with E-state index in [4.69, 9.17) is 9.47 Å². The molecule has 10 nitrogen and oxygen atoms in total. The van der Waals surface area contributed by atoms with Gasteiger partial charge in [0.05, 0.1) is 16.9 Å². The lowest BCUT2D eigenvalue weighted by Crippen LogP contribution is -2.36. The summed E-state index contributed by atoms with van der Waals surface area (Å²) in [6, 6.07) is 19.7. The first-order valence-electron chi connectivity index (χ1n) is 11.0. The molecule has 11 heteroatoms. The number of amides is 3. The van der Waals surface area contributed by atoms with Gasteiger partial charge in [0.25, 0.3) is 16.8 Å². The second-order valence-electron chi connectivity index (χ2n) is 7.80. The van der Waals surface area contributed by atoms with Crippen LogP contribution in [0.1, 0.15) is 11.1 Å². The Morgan fingerprint density at radius 2 is 1.78 bits per heavy atom. The number of nitro groups is 1. The molecule has 0 spiro atoms. The summed E-state index contributed by atoms with van der Waals surface area (Å²) in [4.78, 5) is 49.0. The Morgan fingerprint density at radius 1 is 1.05 bits per heavy atom. The topological polar surface area (TPSA) is 128 Å². The van der Waals surface area contributed by atoms with Crippen LogP contribution < -0.4 is 14.8 Å². The maximum absolute atomic E-state index is 12.8. The standard InChI is InChI=1S/C26H21N3O7S/c1-35-21-12-9-18(13-22(21)36-16-17-7-10-20(11-8-17)29(33)34)14-23-25(31)28(26(32)37-23)15-24(30)27-19-5-3-2-4-6-19/h2-14H,15-16H2,1H3,(H,27,30)/b23-14-. The van der Waals surface area contributed by atoms with Gasteiger partial charge in [-0.25, -0.2) is 0 Å². The minimum Gasteiger partial charge on any atom is -0.493 e. The number of ether oxygens (including phenoxy) is 2. The normalized spacial score (nSPS) is 14.1. The van der Waals surface area contributed by atoms with E-state index >= 15 is 0 Å². The first kappa shape index (κ1) is 25.5. The Morgan fingerprint density at radius 3 is 2.46 bits per heavy atom. The van der Waals surface area contributed by atoms with Crippen molar-refractivity contribution in [1.82, 2.24) is 4.90 Å². The van der Waals surface area contributed by atoms with Crippen molar-refractivity contribution in [3.63, 3.8) is 0 Å². The summed E-state index contributed by atoms with van der Waals surface area (Å²) in [6.45, 7) is -0.270. The summed E-state index contributed by atoms with van der Waals surface area (Å²) in [5.41, 5.74) is 1.84. The molecule has 1 heterocycles. The number of nitrogens with one attached hydrogen (secondary N) is 1. The number of nitro benzene ring substituents is 1. The third-order valence-corrected chi connectivity index (χ3v) is 6.17. The average Bonchev–Trinajstić information content (AvgIpc) is 3.15. The van der Waals surface area contributed by atoms with Gasteiger partial charge in [-0.05, 0) is 65.4 Å². The monoisotopic (exact) mass is 519 g/mol. The number of carbonyl (C=O) groups is 3. The highest BCUT2D eigenvalue weighted by Crippen LogP contribution is 2.35. The van der Waals surface area contributed by atoms with E-state index in [1.165, 1.54) is 25.3 Å². The summed E-state index contributed by atoms with van der Waals surface area (Å²) in [5, 5.41) is 12.9. The number of thioether (sulfide) groups is 1. The molecule has 1 saturated heterocycles. The van der Waals surface area contributed by atoms with Crippen molar-refractivity contribution in [3.05, 3.63) is 98.9 Å². The zero-order chi connectivity index (χ0) is 26.4. The molecule has 1 N–H and O–H groups in total. The molecular formula is C26H21N3O7S. The Kier molecular flexibility index (Phi) is 7.84. The predicted octanol–water partition coefficient (Wildman–Crippen LogP) is 4.86. The van der Waals surface area contributed by atoms with E-state index in [1.54, 1.807) is 54.6 Å². The van der Waals surface area contributed by atoms with Gasteiger partial charge in [0, 0.05) is 17.8 Å². The van der Waals surface area contributed by atoms with E-state index in [2.05, 4.69) is 5.32 Å². The van der Waals surface area contributed by atoms with Crippen LogP contribution in [0.4, 0.5) is 16.2 Å². The minimum atomic E-state index is -0.567. The highest BCUT2D eigenvalue weighted by Gasteiger charge is 2.36. The summed E-state index contributed by atoms with van der Waals surface area (Å²) in [5.74, 6) is -0.218. The molecule has 3 aromatic carbocycles. The number of benzene rings is 3. The average molecular weight is 520 g/mol. The number of hydrogen-bond acceptors (Lipinski definition) is 8. The number of rotatable bonds is 9. The molecule has 0 bridgehead atoms. The van der Waals surface area contributed by atoms with Gasteiger partial charge in [-0.1, -0.05) is 24.3 Å². The number of nitrogens with zero attached hydrogens (tertiary/aromatic N) is 2. The van der Waals surface area contributed by atoms with Crippen LogP contribution in [-0.4, -0.2) is 40.5 Å². The molecule has 188 valence electrons. The SMILES string of the molecule is COc1ccc(/C=C2\SC(=O)N(CC(=O)Nc3ccccc3)C2=O)cc1OCc1ccc([N+](=O)[O-])cc1. The number of imide groups is 1. The minimum absolute atomic E-state index is 0.0187. The van der Waals surface area contributed by atoms with Gasteiger partial charge >= 0.3 is 0 Å². The van der Waals surface area contributed by atoms with Crippen molar-refractivity contribution in [2.75, 3.05) is 19.0 Å². The number of para-hydroxylation sites is 1. The Hall–Kier alpha value is -4.64. The molecule has 0 radical (unpaired) electrons. The van der Waals surface area contributed by atoms with Gasteiger partial charge in [0.15, 0.2) is 11.5 Å². The van der Waals surface area contributed by atoms with Gasteiger partial charge < -0.3 is 14.8 Å². The maximum atomic E-state index is 12.8. The molecule has 0 aromatic heterocycles. The quantitative estimate of drug-likeness (QED) is 0.241. The molecular weight excluding hydrogens is 498 g/mol. The molecule has 1 aliphatic heterocycles. The molecule has 3 aromatic rings. The maximum Gasteiger partial charge on any atom is 0.294 e. The highest BCUT2D eigenvalue weighted by molar-refractivity contribution is 8.18. The lowest BCUT2D eigenvalue weighted by atomic mass is 10.1. The van der Waals surface area contributed by atoms with Crippen molar-refractivity contribution < 1.29 is 28.8 Å². The van der Waals surface area contributed by atoms with Crippen LogP contribution in [0, 0.1) is 10.1 Å². The van der Waals surface area contributed by atoms with Crippen LogP contribution in [-0.2, 0) is 16.2 Å². The van der Waals surface area contributed by atoms with Gasteiger partial charge in [-0.15, -0.1) is 0 Å². The van der Waals surface area contributed by atoms with Crippen molar-refractivity contribution in [1.29, 1.82) is 0 Å². The van der Waals surface area contributed by atoms with Gasteiger partial charge in [0.1, 0.15) is 13.2 Å². The van der Waals surface area contributed by atoms with E-state index in [-0.39, 0.29) is 17.2 Å². The lowest BCUT2D eigenvalue weighted by Gasteiger charge is -2.12. The molecule has 0 aliphatic carbocycles. The van der Waals surface area contributed by atoms with Gasteiger partial charge in [-0.3, -0.25) is 29.4 Å². The summed E-state index contributed by atoms with van der Waals surface area (Å²) < 4.78 is 11.2. The summed E-state index contributed by atoms with van der Waals surface area (Å²) in [7, 11) is 1.49. The van der Waals surface area contributed by atoms with E-state index in [0.717, 1.165) is 16.7 Å². The van der Waals surface area contributed by atoms with Gasteiger partial charge in [-0.2, -0.15) is 0 Å². The zero-order valence-electron chi connectivity index (χ0n) is 19.6. The van der Waals surface area contributed by atoms with Crippen molar-refractivity contribution in [2.45, 2.75) is 6.61 Å². The summed E-state index contributed by atoms with van der Waals surface area (Å²) >= 11 is 0.746. The number of anilines is 1. The largest absolute Gasteiger partial charge is 0.493 e. The molecule has 37 heavy (non-hydrogen) atoms. The fourth-order valence-corrected chi connectivity index (χ4v) is 4.26. The van der Waals surface area contributed by atoms with Crippen LogP contribution in [0.25, 0.3) is 6.08 Å². The lowest BCUT2D eigenvalue weighted by molar-refractivity contribution is -0.384. The van der Waals surface area contributed by atoms with Crippen molar-refractivity contribution in [2.24, 2.45) is 0 Å². The second-order valence-corrected chi connectivity index (χ2v) is 8.80. The fourth-order valence-electron chi connectivity index (χ4n) is 3.42. The molecule has 3 amide bonds. The molecule has 1 fully saturated rings. The van der Waals surface area contributed by atoms with Crippen molar-refractivity contribution in [3.8, 4) is 11.5 Å². The Labute approximate surface area is 216 Å². The van der Waals surface area contributed by atoms with Crippen molar-refractivity contribution >= 4 is 46.3 Å². The second kappa shape index (κ2) is 11.4. The predicted molar refractivity (Wildman–Crippen MR) is 138 cm³/mol. The fraction of sp³-hybridized carbons (Fsp3) is 0.115. The number of non-ortho nitro benzene ring substituents is 1. The van der Waals surface area contributed by atoms with Gasteiger partial charge in [0.2, 0.25) is 5.91 Å². The molecule has 1 aliphatic rings. The third kappa shape index (κ3) is 6.33. The molecule has 0 saturated carbocycles. The van der Waals surface area contributed by atoms with E-state index < -0.39 is 28.5 Å². The third-order valence-electron chi connectivity index (χ3n) is 5.26. The van der Waals surface area contributed by atoms with Crippen LogP contribution in [0.3, 0.4) is 0 Å². The number of hydrogen-bond donors (Lipinski definition) is 1. The van der Waals surface area contributed by atoms with E-state index in [0.29, 0.717) is 28.3 Å². The van der Waals surface area contributed by atoms with E-state index in [9.17, 15) is 24.5 Å². The zero-order valence-corrected chi connectivity index (χ0v) is 20.4. The number of carbonyl (C=O) groups excluding carboxylic acids is 3. The Bertz CT molecular complexity index is 1370. The molecule has 0 unspecified atom stereocenters. The highest BCUT2D eigenvalue weighted by atomic mass is 32.2. The first-order valence-corrected chi connectivity index (χ1v) is 11.8.